The van der Waals surface area contributed by atoms with Crippen LogP contribution in [0.25, 0.3) is 0 Å². The molecule has 1 fully saturated rings. The number of hydrogen-bond acceptors (Lipinski definition) is 7. The third kappa shape index (κ3) is 7.07. The molecule has 10 nitrogen and oxygen atoms in total. The summed E-state index contributed by atoms with van der Waals surface area (Å²) in [5.41, 5.74) is 0.673. The lowest BCUT2D eigenvalue weighted by Gasteiger charge is -2.33. The molecule has 0 aromatic heterocycles. The molecule has 1 aromatic carbocycles. The Morgan fingerprint density at radius 2 is 1.41 bits per heavy atom. The molecule has 0 aliphatic carbocycles. The summed E-state index contributed by atoms with van der Waals surface area (Å²) in [4.78, 5) is 42.7. The summed E-state index contributed by atoms with van der Waals surface area (Å²) >= 11 is 0. The summed E-state index contributed by atoms with van der Waals surface area (Å²) < 4.78 is 37.2. The predicted molar refractivity (Wildman–Crippen MR) is 139 cm³/mol. The Bertz CT molecular complexity index is 1190. The molecule has 0 atom stereocenters. The first-order valence-corrected chi connectivity index (χ1v) is 14.0. The molecular formula is C26H33N3O7S. The van der Waals surface area contributed by atoms with E-state index in [9.17, 15) is 22.8 Å². The molecule has 200 valence electrons. The number of amides is 4. The second-order valence-electron chi connectivity index (χ2n) is 8.73. The molecule has 2 aliphatic heterocycles. The number of allylic oxidation sites excluding steroid dienone is 4. The summed E-state index contributed by atoms with van der Waals surface area (Å²) in [5.74, 6) is -0.569. The fourth-order valence-electron chi connectivity index (χ4n) is 3.97. The minimum absolute atomic E-state index is 0.0814. The first-order chi connectivity index (χ1) is 17.7. The lowest BCUT2D eigenvalue weighted by molar-refractivity contribution is -0.136. The second kappa shape index (κ2) is 12.7. The Hall–Kier alpha value is -3.44. The van der Waals surface area contributed by atoms with Crippen LogP contribution in [0.4, 0.5) is 10.5 Å². The minimum Gasteiger partial charge on any atom is -0.439 e. The topological polar surface area (TPSA) is 125 Å². The molecule has 2 aliphatic rings. The van der Waals surface area contributed by atoms with Crippen molar-refractivity contribution in [2.24, 2.45) is 0 Å². The quantitative estimate of drug-likeness (QED) is 0.245. The Morgan fingerprint density at radius 3 is 2.00 bits per heavy atom. The van der Waals surface area contributed by atoms with E-state index in [2.05, 4.69) is 0 Å². The van der Waals surface area contributed by atoms with E-state index in [-0.39, 0.29) is 37.4 Å². The summed E-state index contributed by atoms with van der Waals surface area (Å²) in [5, 5.41) is 0. The van der Waals surface area contributed by atoms with Crippen molar-refractivity contribution in [3.63, 3.8) is 0 Å². The molecule has 0 unspecified atom stereocenters. The molecule has 1 aromatic rings. The van der Waals surface area contributed by atoms with E-state index >= 15 is 0 Å². The van der Waals surface area contributed by atoms with E-state index in [0.717, 1.165) is 28.3 Å². The van der Waals surface area contributed by atoms with Crippen LogP contribution in [0.2, 0.25) is 0 Å². The second-order valence-corrected chi connectivity index (χ2v) is 10.3. The van der Waals surface area contributed by atoms with Crippen LogP contribution in [0.15, 0.2) is 60.0 Å². The maximum Gasteiger partial charge on any atom is 0.333 e. The van der Waals surface area contributed by atoms with Crippen LogP contribution in [-0.4, -0.2) is 66.0 Å². The molecule has 0 saturated carbocycles. The molecule has 0 radical (unpaired) electrons. The SMILES string of the molecule is CCCCN1C(=O)C(=CC=CC=C2Oc3ccccc3N2CCCS(=O)(=O)O)C(=O)N(CCCC)C1=O. The van der Waals surface area contributed by atoms with Crippen molar-refractivity contribution in [2.45, 2.75) is 46.0 Å². The van der Waals surface area contributed by atoms with Gasteiger partial charge >= 0.3 is 6.03 Å². The van der Waals surface area contributed by atoms with Gasteiger partial charge < -0.3 is 9.64 Å². The van der Waals surface area contributed by atoms with Crippen LogP contribution in [0.5, 0.6) is 5.75 Å². The number of hydrogen-bond donors (Lipinski definition) is 1. The van der Waals surface area contributed by atoms with E-state index in [1.165, 1.54) is 12.2 Å². The van der Waals surface area contributed by atoms with Crippen LogP contribution < -0.4 is 9.64 Å². The highest BCUT2D eigenvalue weighted by Crippen LogP contribution is 2.38. The first-order valence-electron chi connectivity index (χ1n) is 12.4. The zero-order valence-electron chi connectivity index (χ0n) is 21.1. The molecule has 1 N–H and O–H groups in total. The summed E-state index contributed by atoms with van der Waals surface area (Å²) in [6, 6.07) is 6.69. The number of para-hydroxylation sites is 2. The predicted octanol–water partition coefficient (Wildman–Crippen LogP) is 3.88. The smallest absolute Gasteiger partial charge is 0.333 e. The molecule has 37 heavy (non-hydrogen) atoms. The summed E-state index contributed by atoms with van der Waals surface area (Å²) in [7, 11) is -4.08. The zero-order chi connectivity index (χ0) is 27.0. The third-order valence-electron chi connectivity index (χ3n) is 5.92. The van der Waals surface area contributed by atoms with Gasteiger partial charge in [0, 0.05) is 19.6 Å². The number of rotatable bonds is 12. The van der Waals surface area contributed by atoms with Crippen LogP contribution in [0.3, 0.4) is 0 Å². The number of carbonyl (C=O) groups excluding carboxylic acids is 3. The van der Waals surface area contributed by atoms with Gasteiger partial charge in [-0.2, -0.15) is 8.42 Å². The van der Waals surface area contributed by atoms with Gasteiger partial charge in [0.25, 0.3) is 21.9 Å². The summed E-state index contributed by atoms with van der Waals surface area (Å²) in [6.45, 7) is 4.71. The molecule has 0 bridgehead atoms. The number of anilines is 1. The van der Waals surface area contributed by atoms with Crippen molar-refractivity contribution in [3.8, 4) is 5.75 Å². The van der Waals surface area contributed by atoms with Gasteiger partial charge in [0.2, 0.25) is 5.88 Å². The van der Waals surface area contributed by atoms with Crippen molar-refractivity contribution in [2.75, 3.05) is 30.3 Å². The molecule has 3 rings (SSSR count). The largest absolute Gasteiger partial charge is 0.439 e. The highest BCUT2D eigenvalue weighted by Gasteiger charge is 2.40. The molecule has 0 spiro atoms. The number of unbranched alkanes of at least 4 members (excludes halogenated alkanes) is 2. The average Bonchev–Trinajstić information content (AvgIpc) is 3.20. The molecule has 1 saturated heterocycles. The average molecular weight is 532 g/mol. The molecule has 4 amide bonds. The lowest BCUT2D eigenvalue weighted by Crippen LogP contribution is -2.56. The number of barbiturate groups is 1. The monoisotopic (exact) mass is 531 g/mol. The minimum atomic E-state index is -4.08. The normalized spacial score (nSPS) is 17.3. The maximum atomic E-state index is 13.0. The Balaban J connectivity index is 1.81. The maximum absolute atomic E-state index is 13.0. The highest BCUT2D eigenvalue weighted by molar-refractivity contribution is 7.85. The van der Waals surface area contributed by atoms with E-state index in [4.69, 9.17) is 9.29 Å². The number of ether oxygens (including phenoxy) is 1. The number of fused-ring (bicyclic) bond motifs is 1. The fourth-order valence-corrected chi connectivity index (χ4v) is 4.47. The fraction of sp³-hybridized carbons (Fsp3) is 0.423. The number of imide groups is 2. The van der Waals surface area contributed by atoms with Gasteiger partial charge in [0.15, 0.2) is 5.75 Å². The molecule has 11 heteroatoms. The Kier molecular flexibility index (Phi) is 9.65. The van der Waals surface area contributed by atoms with Crippen LogP contribution in [0, 0.1) is 0 Å². The van der Waals surface area contributed by atoms with Gasteiger partial charge in [-0.15, -0.1) is 0 Å². The van der Waals surface area contributed by atoms with E-state index in [1.54, 1.807) is 23.1 Å². The van der Waals surface area contributed by atoms with Gasteiger partial charge in [-0.05, 0) is 43.5 Å². The Labute approximate surface area is 217 Å². The molecular weight excluding hydrogens is 498 g/mol. The van der Waals surface area contributed by atoms with Crippen LogP contribution in [-0.2, 0) is 19.7 Å². The van der Waals surface area contributed by atoms with Gasteiger partial charge in [-0.1, -0.05) is 51.0 Å². The van der Waals surface area contributed by atoms with Gasteiger partial charge in [-0.25, -0.2) is 4.79 Å². The van der Waals surface area contributed by atoms with Crippen LogP contribution in [0.1, 0.15) is 46.0 Å². The van der Waals surface area contributed by atoms with Gasteiger partial charge in [0.1, 0.15) is 5.57 Å². The van der Waals surface area contributed by atoms with Crippen molar-refractivity contribution in [1.29, 1.82) is 0 Å². The number of benzene rings is 1. The van der Waals surface area contributed by atoms with Crippen molar-refractivity contribution in [3.05, 3.63) is 60.0 Å². The lowest BCUT2D eigenvalue weighted by atomic mass is 10.1. The number of carbonyl (C=O) groups is 3. The van der Waals surface area contributed by atoms with Crippen molar-refractivity contribution >= 4 is 33.7 Å². The van der Waals surface area contributed by atoms with E-state index in [0.29, 0.717) is 24.5 Å². The van der Waals surface area contributed by atoms with Gasteiger partial charge in [0.05, 0.1) is 11.4 Å². The van der Waals surface area contributed by atoms with Crippen molar-refractivity contribution < 1.29 is 32.1 Å². The number of nitrogens with zero attached hydrogens (tertiary/aromatic N) is 3. The van der Waals surface area contributed by atoms with Crippen LogP contribution >= 0.6 is 0 Å². The third-order valence-corrected chi connectivity index (χ3v) is 6.72. The first kappa shape index (κ1) is 28.1. The number of urea groups is 1. The summed E-state index contributed by atoms with van der Waals surface area (Å²) in [6.07, 6.45) is 9.25. The van der Waals surface area contributed by atoms with Crippen molar-refractivity contribution in [1.82, 2.24) is 9.80 Å². The van der Waals surface area contributed by atoms with E-state index < -0.39 is 28.0 Å². The zero-order valence-corrected chi connectivity index (χ0v) is 21.9. The highest BCUT2D eigenvalue weighted by atomic mass is 32.2. The Morgan fingerprint density at radius 1 is 0.838 bits per heavy atom. The standard InChI is InChI=1S/C26H33N3O7S/c1-3-5-16-28-24(30)20(25(31)29(26(28)32)17-6-4-2)12-7-10-15-23-27(18-11-19-37(33,34)35)21-13-8-9-14-22(21)36-23/h7-10,12-15H,3-6,11,16-19H2,1-2H3,(H,33,34,35). The van der Waals surface area contributed by atoms with E-state index in [1.807, 2.05) is 32.0 Å². The van der Waals surface area contributed by atoms with Gasteiger partial charge in [-0.3, -0.25) is 23.9 Å². The molecule has 2 heterocycles.